The van der Waals surface area contributed by atoms with Crippen molar-refractivity contribution in [3.05, 3.63) is 60.7 Å². The summed E-state index contributed by atoms with van der Waals surface area (Å²) in [7, 11) is 1.29. The van der Waals surface area contributed by atoms with Crippen LogP contribution in [0.4, 0.5) is 4.79 Å². The zero-order valence-corrected chi connectivity index (χ0v) is 28.8. The Bertz CT molecular complexity index is 1760. The predicted molar refractivity (Wildman–Crippen MR) is 184 cm³/mol. The first-order valence-corrected chi connectivity index (χ1v) is 17.1. The molecule has 6 rings (SSSR count). The third kappa shape index (κ3) is 7.35. The maximum absolute atomic E-state index is 13.5. The van der Waals surface area contributed by atoms with E-state index in [0.717, 1.165) is 66.1 Å². The van der Waals surface area contributed by atoms with E-state index in [4.69, 9.17) is 4.74 Å². The smallest absolute Gasteiger partial charge is 0.407 e. The monoisotopic (exact) mass is 667 g/mol. The summed E-state index contributed by atoms with van der Waals surface area (Å²) >= 11 is 0. The second-order valence-corrected chi connectivity index (χ2v) is 13.6. The van der Waals surface area contributed by atoms with Crippen molar-refractivity contribution < 1.29 is 19.1 Å². The highest BCUT2D eigenvalue weighted by atomic mass is 16.5. The van der Waals surface area contributed by atoms with Crippen LogP contribution in [0.15, 0.2) is 49.1 Å². The number of alkyl carbamates (subject to hydrolysis) is 1. The average Bonchev–Trinajstić information content (AvgIpc) is 3.93. The number of H-pyrrole nitrogens is 2. The summed E-state index contributed by atoms with van der Waals surface area (Å²) in [6.45, 7) is 9.29. The zero-order chi connectivity index (χ0) is 34.7. The Labute approximate surface area is 286 Å². The SMILES string of the molecule is COC(=O)NC(C(=O)N1CCCC1c1ncc(-c2ccc(-c3ncc(-c4cnc(C5CCCN5C(=O)CC(C)C)[nH]4)cn3)cc2)[nH]1)C(C)C. The molecule has 2 saturated heterocycles. The van der Waals surface area contributed by atoms with E-state index in [2.05, 4.69) is 49.1 Å². The molecule has 0 radical (unpaired) electrons. The van der Waals surface area contributed by atoms with Crippen LogP contribution < -0.4 is 5.32 Å². The molecule has 2 fully saturated rings. The molecule has 3 unspecified atom stereocenters. The van der Waals surface area contributed by atoms with Crippen molar-refractivity contribution in [3.8, 4) is 33.9 Å². The van der Waals surface area contributed by atoms with Gasteiger partial charge >= 0.3 is 6.09 Å². The Morgan fingerprint density at radius 3 is 1.92 bits per heavy atom. The van der Waals surface area contributed by atoms with Gasteiger partial charge < -0.3 is 29.8 Å². The summed E-state index contributed by atoms with van der Waals surface area (Å²) in [6, 6.07) is 7.01. The summed E-state index contributed by atoms with van der Waals surface area (Å²) in [5.41, 5.74) is 4.29. The standard InChI is InChI=1S/C36H45N9O4/c1-21(2)16-30(46)44-14-6-8-28(44)33-40-20-27(42-33)25-17-37-32(38-18-25)24-12-10-23(11-13-24)26-19-39-34(41-26)29-9-7-15-45(29)35(47)31(22(3)4)43-36(48)49-5/h10-13,17-22,28-29,31H,6-9,14-16H2,1-5H3,(H,39,41)(H,40,42)(H,43,48). The third-order valence-corrected chi connectivity index (χ3v) is 9.32. The fourth-order valence-corrected chi connectivity index (χ4v) is 6.73. The van der Waals surface area contributed by atoms with Gasteiger partial charge in [-0.15, -0.1) is 0 Å². The van der Waals surface area contributed by atoms with Crippen LogP contribution in [0.2, 0.25) is 0 Å². The molecular weight excluding hydrogens is 622 g/mol. The number of hydrogen-bond acceptors (Lipinski definition) is 8. The lowest BCUT2D eigenvalue weighted by atomic mass is 10.0. The van der Waals surface area contributed by atoms with Crippen molar-refractivity contribution in [1.29, 1.82) is 0 Å². The molecule has 0 aliphatic carbocycles. The topological polar surface area (TPSA) is 162 Å². The largest absolute Gasteiger partial charge is 0.453 e. The number of benzene rings is 1. The Balaban J connectivity index is 1.11. The number of nitrogens with zero attached hydrogens (tertiary/aromatic N) is 6. The molecule has 3 N–H and O–H groups in total. The fourth-order valence-electron chi connectivity index (χ4n) is 6.73. The minimum atomic E-state index is -0.683. The van der Waals surface area contributed by atoms with Crippen LogP contribution in [0.3, 0.4) is 0 Å². The van der Waals surface area contributed by atoms with E-state index >= 15 is 0 Å². The number of carbonyl (C=O) groups excluding carboxylic acids is 3. The van der Waals surface area contributed by atoms with Crippen molar-refractivity contribution in [1.82, 2.24) is 45.0 Å². The van der Waals surface area contributed by atoms with Crippen molar-refractivity contribution in [2.45, 2.75) is 77.9 Å². The lowest BCUT2D eigenvalue weighted by Gasteiger charge is -2.30. The van der Waals surface area contributed by atoms with Gasteiger partial charge in [-0.05, 0) is 43.1 Å². The minimum absolute atomic E-state index is 0.0307. The number of hydrogen-bond donors (Lipinski definition) is 3. The molecule has 13 nitrogen and oxygen atoms in total. The molecule has 258 valence electrons. The number of aromatic amines is 2. The predicted octanol–water partition coefficient (Wildman–Crippen LogP) is 5.68. The number of rotatable bonds is 10. The first-order valence-electron chi connectivity index (χ1n) is 17.1. The van der Waals surface area contributed by atoms with Gasteiger partial charge in [-0.1, -0.05) is 52.0 Å². The second-order valence-electron chi connectivity index (χ2n) is 13.6. The normalized spacial score (nSPS) is 18.3. The number of likely N-dealkylation sites (tertiary alicyclic amines) is 2. The van der Waals surface area contributed by atoms with E-state index in [1.54, 1.807) is 29.7 Å². The molecule has 3 aromatic heterocycles. The summed E-state index contributed by atoms with van der Waals surface area (Å²) in [6.07, 6.45) is 10.6. The summed E-state index contributed by atoms with van der Waals surface area (Å²) in [5.74, 6) is 2.38. The number of ether oxygens (including phenoxy) is 1. The van der Waals surface area contributed by atoms with Crippen molar-refractivity contribution in [3.63, 3.8) is 0 Å². The first-order chi connectivity index (χ1) is 23.6. The van der Waals surface area contributed by atoms with E-state index < -0.39 is 12.1 Å². The van der Waals surface area contributed by atoms with Crippen molar-refractivity contribution >= 4 is 17.9 Å². The Morgan fingerprint density at radius 2 is 1.35 bits per heavy atom. The van der Waals surface area contributed by atoms with Gasteiger partial charge in [0.15, 0.2) is 5.82 Å². The van der Waals surface area contributed by atoms with Crippen LogP contribution in [0.5, 0.6) is 0 Å². The van der Waals surface area contributed by atoms with E-state index in [1.807, 2.05) is 43.0 Å². The zero-order valence-electron chi connectivity index (χ0n) is 28.8. The Morgan fingerprint density at radius 1 is 0.796 bits per heavy atom. The molecule has 2 aliphatic rings. The molecule has 3 amide bonds. The number of nitrogens with one attached hydrogen (secondary N) is 3. The lowest BCUT2D eigenvalue weighted by Crippen LogP contribution is -2.51. The van der Waals surface area contributed by atoms with Gasteiger partial charge in [-0.2, -0.15) is 0 Å². The van der Waals surface area contributed by atoms with Crippen LogP contribution in [0, 0.1) is 11.8 Å². The number of aromatic nitrogens is 6. The lowest BCUT2D eigenvalue weighted by molar-refractivity contribution is -0.135. The van der Waals surface area contributed by atoms with Gasteiger partial charge in [-0.3, -0.25) is 9.59 Å². The fraction of sp³-hybridized carbons (Fsp3) is 0.472. The third-order valence-electron chi connectivity index (χ3n) is 9.32. The van der Waals surface area contributed by atoms with Crippen LogP contribution in [0.25, 0.3) is 33.9 Å². The summed E-state index contributed by atoms with van der Waals surface area (Å²) in [5, 5.41) is 2.69. The quantitative estimate of drug-likeness (QED) is 0.195. The molecule has 2 aliphatic heterocycles. The van der Waals surface area contributed by atoms with Gasteiger partial charge in [0.25, 0.3) is 0 Å². The van der Waals surface area contributed by atoms with Crippen molar-refractivity contribution in [2.24, 2.45) is 11.8 Å². The highest BCUT2D eigenvalue weighted by molar-refractivity contribution is 5.86. The maximum atomic E-state index is 13.5. The Hall–Kier alpha value is -5.07. The van der Waals surface area contributed by atoms with Gasteiger partial charge in [0.05, 0.1) is 43.0 Å². The van der Waals surface area contributed by atoms with E-state index in [9.17, 15) is 14.4 Å². The molecular formula is C36H45N9O4. The van der Waals surface area contributed by atoms with E-state index in [-0.39, 0.29) is 29.8 Å². The molecule has 0 bridgehead atoms. The summed E-state index contributed by atoms with van der Waals surface area (Å²) in [4.78, 5) is 67.3. The van der Waals surface area contributed by atoms with Gasteiger partial charge in [0, 0.05) is 43.0 Å². The summed E-state index contributed by atoms with van der Waals surface area (Å²) < 4.78 is 4.74. The second kappa shape index (κ2) is 14.6. The molecule has 13 heteroatoms. The molecule has 0 saturated carbocycles. The number of methoxy groups -OCH3 is 1. The molecule has 0 spiro atoms. The Kier molecular flexibility index (Phi) is 10.1. The van der Waals surface area contributed by atoms with Crippen LogP contribution in [0.1, 0.15) is 83.5 Å². The number of imidazole rings is 2. The van der Waals surface area contributed by atoms with Gasteiger partial charge in [-0.25, -0.2) is 24.7 Å². The molecule has 5 heterocycles. The van der Waals surface area contributed by atoms with Crippen LogP contribution in [-0.4, -0.2) is 83.9 Å². The molecule has 4 aromatic rings. The highest BCUT2D eigenvalue weighted by Crippen LogP contribution is 2.34. The van der Waals surface area contributed by atoms with Crippen molar-refractivity contribution in [2.75, 3.05) is 20.2 Å². The first kappa shape index (κ1) is 33.8. The maximum Gasteiger partial charge on any atom is 0.407 e. The van der Waals surface area contributed by atoms with E-state index in [1.165, 1.54) is 7.11 Å². The average molecular weight is 668 g/mol. The van der Waals surface area contributed by atoms with Crippen LogP contribution in [-0.2, 0) is 14.3 Å². The number of carbonyl (C=O) groups is 3. The highest BCUT2D eigenvalue weighted by Gasteiger charge is 2.37. The molecule has 49 heavy (non-hydrogen) atoms. The molecule has 3 atom stereocenters. The molecule has 1 aromatic carbocycles. The van der Waals surface area contributed by atoms with E-state index in [0.29, 0.717) is 30.5 Å². The van der Waals surface area contributed by atoms with Crippen LogP contribution >= 0.6 is 0 Å². The van der Waals surface area contributed by atoms with Gasteiger partial charge in [0.2, 0.25) is 11.8 Å². The number of amides is 3. The minimum Gasteiger partial charge on any atom is -0.453 e. The van der Waals surface area contributed by atoms with Gasteiger partial charge in [0.1, 0.15) is 17.7 Å².